The maximum absolute atomic E-state index is 9.80. The van der Waals surface area contributed by atoms with E-state index in [2.05, 4.69) is 13.8 Å². The summed E-state index contributed by atoms with van der Waals surface area (Å²) in [6.45, 7) is 6.87. The quantitative estimate of drug-likeness (QED) is 0.805. The lowest BCUT2D eigenvalue weighted by atomic mass is 10.1. The fraction of sp³-hybridized carbons (Fsp3) is 0.538. The molecule has 2 heteroatoms. The van der Waals surface area contributed by atoms with Gasteiger partial charge in [0.1, 0.15) is 5.75 Å². The SMILES string of the molecule is CC[C@H](O)c1ccccc1OCC(C)C. The first kappa shape index (κ1) is 12.1. The van der Waals surface area contributed by atoms with Gasteiger partial charge in [0, 0.05) is 5.56 Å². The van der Waals surface area contributed by atoms with Gasteiger partial charge in [-0.15, -0.1) is 0 Å². The van der Waals surface area contributed by atoms with E-state index < -0.39 is 6.10 Å². The number of hydrogen-bond donors (Lipinski definition) is 1. The average Bonchev–Trinajstić information content (AvgIpc) is 2.25. The molecule has 1 aromatic rings. The van der Waals surface area contributed by atoms with Crippen LogP contribution in [0.4, 0.5) is 0 Å². The van der Waals surface area contributed by atoms with E-state index >= 15 is 0 Å². The van der Waals surface area contributed by atoms with Crippen molar-refractivity contribution in [3.63, 3.8) is 0 Å². The van der Waals surface area contributed by atoms with Crippen LogP contribution in [0.5, 0.6) is 5.75 Å². The van der Waals surface area contributed by atoms with E-state index in [-0.39, 0.29) is 0 Å². The second kappa shape index (κ2) is 5.76. The lowest BCUT2D eigenvalue weighted by Crippen LogP contribution is -2.07. The summed E-state index contributed by atoms with van der Waals surface area (Å²) in [5.74, 6) is 1.30. The van der Waals surface area contributed by atoms with Crippen LogP contribution >= 0.6 is 0 Å². The van der Waals surface area contributed by atoms with Crippen LogP contribution in [0.2, 0.25) is 0 Å². The van der Waals surface area contributed by atoms with Gasteiger partial charge in [-0.2, -0.15) is 0 Å². The molecule has 1 atom stereocenters. The highest BCUT2D eigenvalue weighted by molar-refractivity contribution is 5.34. The van der Waals surface area contributed by atoms with E-state index in [0.717, 1.165) is 11.3 Å². The van der Waals surface area contributed by atoms with Crippen molar-refractivity contribution in [2.75, 3.05) is 6.61 Å². The molecular formula is C13H20O2. The van der Waals surface area contributed by atoms with Gasteiger partial charge >= 0.3 is 0 Å². The fourth-order valence-electron chi connectivity index (χ4n) is 1.36. The lowest BCUT2D eigenvalue weighted by molar-refractivity contribution is 0.165. The normalized spacial score (nSPS) is 12.9. The van der Waals surface area contributed by atoms with Crippen molar-refractivity contribution in [1.29, 1.82) is 0 Å². The first-order valence-electron chi connectivity index (χ1n) is 5.55. The van der Waals surface area contributed by atoms with Crippen molar-refractivity contribution in [2.24, 2.45) is 5.92 Å². The molecular weight excluding hydrogens is 188 g/mol. The minimum atomic E-state index is -0.423. The molecule has 1 N–H and O–H groups in total. The van der Waals surface area contributed by atoms with E-state index in [4.69, 9.17) is 4.74 Å². The summed E-state index contributed by atoms with van der Waals surface area (Å²) in [6, 6.07) is 7.69. The second-order valence-electron chi connectivity index (χ2n) is 4.17. The van der Waals surface area contributed by atoms with Crippen molar-refractivity contribution in [3.05, 3.63) is 29.8 Å². The predicted molar refractivity (Wildman–Crippen MR) is 62.0 cm³/mol. The van der Waals surface area contributed by atoms with E-state index in [0.29, 0.717) is 18.9 Å². The number of aliphatic hydroxyl groups is 1. The van der Waals surface area contributed by atoms with E-state index in [9.17, 15) is 5.11 Å². The smallest absolute Gasteiger partial charge is 0.125 e. The van der Waals surface area contributed by atoms with Crippen LogP contribution < -0.4 is 4.74 Å². The van der Waals surface area contributed by atoms with E-state index in [1.54, 1.807) is 0 Å². The second-order valence-corrected chi connectivity index (χ2v) is 4.17. The molecule has 0 heterocycles. The third-order valence-electron chi connectivity index (χ3n) is 2.24. The first-order chi connectivity index (χ1) is 7.15. The Balaban J connectivity index is 2.77. The topological polar surface area (TPSA) is 29.5 Å². The Morgan fingerprint density at radius 3 is 2.53 bits per heavy atom. The molecule has 1 rings (SSSR count). The molecule has 84 valence electrons. The van der Waals surface area contributed by atoms with Gasteiger partial charge in [-0.1, -0.05) is 39.0 Å². The molecule has 0 aromatic heterocycles. The molecule has 0 amide bonds. The largest absolute Gasteiger partial charge is 0.493 e. The summed E-state index contributed by atoms with van der Waals surface area (Å²) < 4.78 is 5.66. The Bertz CT molecular complexity index is 294. The predicted octanol–water partition coefficient (Wildman–Crippen LogP) is 3.16. The molecule has 0 bridgehead atoms. The Hall–Kier alpha value is -1.02. The lowest BCUT2D eigenvalue weighted by Gasteiger charge is -2.15. The van der Waals surface area contributed by atoms with Crippen LogP contribution in [0, 0.1) is 5.92 Å². The fourth-order valence-corrected chi connectivity index (χ4v) is 1.36. The zero-order valence-corrected chi connectivity index (χ0v) is 9.73. The molecule has 15 heavy (non-hydrogen) atoms. The van der Waals surface area contributed by atoms with Gasteiger partial charge in [0.15, 0.2) is 0 Å². The Kier molecular flexibility index (Phi) is 4.63. The van der Waals surface area contributed by atoms with E-state index in [1.165, 1.54) is 0 Å². The minimum Gasteiger partial charge on any atom is -0.493 e. The summed E-state index contributed by atoms with van der Waals surface area (Å²) in [7, 11) is 0. The number of benzene rings is 1. The molecule has 0 saturated heterocycles. The zero-order valence-electron chi connectivity index (χ0n) is 9.73. The summed E-state index contributed by atoms with van der Waals surface area (Å²) in [5, 5.41) is 9.80. The summed E-state index contributed by atoms with van der Waals surface area (Å²) in [5.41, 5.74) is 0.889. The highest BCUT2D eigenvalue weighted by Gasteiger charge is 2.10. The van der Waals surface area contributed by atoms with Gasteiger partial charge in [0.25, 0.3) is 0 Å². The Labute approximate surface area is 91.9 Å². The zero-order chi connectivity index (χ0) is 11.3. The summed E-state index contributed by atoms with van der Waals surface area (Å²) >= 11 is 0. The number of aliphatic hydroxyl groups excluding tert-OH is 1. The third kappa shape index (κ3) is 3.56. The van der Waals surface area contributed by atoms with Gasteiger partial charge in [-0.05, 0) is 18.4 Å². The number of rotatable bonds is 5. The molecule has 0 aliphatic rings. The summed E-state index contributed by atoms with van der Waals surface area (Å²) in [6.07, 6.45) is 0.288. The Morgan fingerprint density at radius 2 is 1.93 bits per heavy atom. The number of para-hydroxylation sites is 1. The summed E-state index contributed by atoms with van der Waals surface area (Å²) in [4.78, 5) is 0. The standard InChI is InChI=1S/C13H20O2/c1-4-12(14)11-7-5-6-8-13(11)15-9-10(2)3/h5-8,10,12,14H,4,9H2,1-3H3/t12-/m0/s1. The monoisotopic (exact) mass is 208 g/mol. The molecule has 0 saturated carbocycles. The van der Waals surface area contributed by atoms with Gasteiger partial charge in [0.05, 0.1) is 12.7 Å². The minimum absolute atomic E-state index is 0.423. The molecule has 2 nitrogen and oxygen atoms in total. The van der Waals surface area contributed by atoms with E-state index in [1.807, 2.05) is 31.2 Å². The molecule has 0 fully saturated rings. The number of hydrogen-bond acceptors (Lipinski definition) is 2. The van der Waals surface area contributed by atoms with Crippen molar-refractivity contribution in [1.82, 2.24) is 0 Å². The first-order valence-corrected chi connectivity index (χ1v) is 5.55. The third-order valence-corrected chi connectivity index (χ3v) is 2.24. The van der Waals surface area contributed by atoms with Crippen LogP contribution in [0.3, 0.4) is 0 Å². The van der Waals surface area contributed by atoms with Crippen LogP contribution in [0.25, 0.3) is 0 Å². The highest BCUT2D eigenvalue weighted by atomic mass is 16.5. The maximum atomic E-state index is 9.80. The van der Waals surface area contributed by atoms with Crippen molar-refractivity contribution in [2.45, 2.75) is 33.3 Å². The van der Waals surface area contributed by atoms with Crippen molar-refractivity contribution < 1.29 is 9.84 Å². The van der Waals surface area contributed by atoms with Crippen LogP contribution in [0.15, 0.2) is 24.3 Å². The molecule has 0 radical (unpaired) electrons. The highest BCUT2D eigenvalue weighted by Crippen LogP contribution is 2.27. The maximum Gasteiger partial charge on any atom is 0.125 e. The molecule has 0 aliphatic carbocycles. The van der Waals surface area contributed by atoms with Gasteiger partial charge in [0.2, 0.25) is 0 Å². The average molecular weight is 208 g/mol. The van der Waals surface area contributed by atoms with Crippen LogP contribution in [-0.2, 0) is 0 Å². The van der Waals surface area contributed by atoms with Crippen LogP contribution in [-0.4, -0.2) is 11.7 Å². The number of ether oxygens (including phenoxy) is 1. The molecule has 1 aromatic carbocycles. The van der Waals surface area contributed by atoms with Gasteiger partial charge in [-0.25, -0.2) is 0 Å². The van der Waals surface area contributed by atoms with Gasteiger partial charge in [-0.3, -0.25) is 0 Å². The Morgan fingerprint density at radius 1 is 1.27 bits per heavy atom. The van der Waals surface area contributed by atoms with Crippen LogP contribution in [0.1, 0.15) is 38.9 Å². The van der Waals surface area contributed by atoms with Crippen molar-refractivity contribution >= 4 is 0 Å². The molecule has 0 aliphatic heterocycles. The molecule has 0 unspecified atom stereocenters. The van der Waals surface area contributed by atoms with Gasteiger partial charge < -0.3 is 9.84 Å². The van der Waals surface area contributed by atoms with Crippen molar-refractivity contribution in [3.8, 4) is 5.75 Å². The molecule has 0 spiro atoms.